The van der Waals surface area contributed by atoms with Gasteiger partial charge in [-0.2, -0.15) is 0 Å². The number of likely N-dealkylation sites (tertiary alicyclic amines) is 1. The first kappa shape index (κ1) is 17.9. The van der Waals surface area contributed by atoms with E-state index in [9.17, 15) is 13.6 Å². The molecule has 4 nitrogen and oxygen atoms in total. The molecule has 1 aliphatic rings. The van der Waals surface area contributed by atoms with E-state index in [4.69, 9.17) is 0 Å². The molecule has 25 heavy (non-hydrogen) atoms. The van der Waals surface area contributed by atoms with E-state index in [2.05, 4.69) is 15.2 Å². The van der Waals surface area contributed by atoms with Crippen molar-refractivity contribution in [2.45, 2.75) is 39.3 Å². The summed E-state index contributed by atoms with van der Waals surface area (Å²) in [6.07, 6.45) is 1.66. The Kier molecular flexibility index (Phi) is 5.44. The zero-order chi connectivity index (χ0) is 18.0. The molecule has 1 saturated heterocycles. The van der Waals surface area contributed by atoms with Crippen LogP contribution in [0.4, 0.5) is 8.78 Å². The summed E-state index contributed by atoms with van der Waals surface area (Å²) in [6, 6.07) is 4.14. The van der Waals surface area contributed by atoms with Gasteiger partial charge >= 0.3 is 0 Å². The van der Waals surface area contributed by atoms with Crippen LogP contribution in [0.25, 0.3) is 0 Å². The van der Waals surface area contributed by atoms with Gasteiger partial charge in [-0.1, -0.05) is 6.07 Å². The quantitative estimate of drug-likeness (QED) is 0.903. The van der Waals surface area contributed by atoms with Crippen LogP contribution in [-0.4, -0.2) is 34.9 Å². The van der Waals surface area contributed by atoms with Crippen LogP contribution in [0.2, 0.25) is 0 Å². The summed E-state index contributed by atoms with van der Waals surface area (Å²) in [5, 5.41) is 3.95. The van der Waals surface area contributed by atoms with Crippen LogP contribution >= 0.6 is 11.3 Å². The summed E-state index contributed by atoms with van der Waals surface area (Å²) in [6.45, 7) is 6.00. The van der Waals surface area contributed by atoms with Crippen LogP contribution in [0.5, 0.6) is 0 Å². The average Bonchev–Trinajstić information content (AvgIpc) is 2.91. The molecular weight excluding hydrogens is 344 g/mol. The minimum atomic E-state index is -0.822. The zero-order valence-electron chi connectivity index (χ0n) is 14.3. The van der Waals surface area contributed by atoms with Gasteiger partial charge in [0, 0.05) is 30.6 Å². The Labute approximate surface area is 149 Å². The first-order valence-electron chi connectivity index (χ1n) is 8.33. The molecule has 2 heterocycles. The molecule has 134 valence electrons. The molecule has 1 aromatic carbocycles. The maximum Gasteiger partial charge on any atom is 0.271 e. The van der Waals surface area contributed by atoms with Crippen molar-refractivity contribution in [3.63, 3.8) is 0 Å². The Morgan fingerprint density at radius 1 is 1.28 bits per heavy atom. The zero-order valence-corrected chi connectivity index (χ0v) is 15.1. The Hall–Kier alpha value is -1.86. The maximum atomic E-state index is 13.3. The molecule has 2 aromatic rings. The number of benzene rings is 1. The summed E-state index contributed by atoms with van der Waals surface area (Å²) < 4.78 is 26.3. The second kappa shape index (κ2) is 7.58. The SMILES string of the molecule is Cc1nc(C(=O)NC2CCN(Cc3ccc(F)c(F)c3)CC2)c(C)s1. The molecule has 7 heteroatoms. The lowest BCUT2D eigenvalue weighted by molar-refractivity contribution is 0.0904. The number of aromatic nitrogens is 1. The molecule has 0 atom stereocenters. The molecule has 1 amide bonds. The van der Waals surface area contributed by atoms with Crippen molar-refractivity contribution in [2.24, 2.45) is 0 Å². The second-order valence-electron chi connectivity index (χ2n) is 6.41. The monoisotopic (exact) mass is 365 g/mol. The molecule has 0 aliphatic carbocycles. The summed E-state index contributed by atoms with van der Waals surface area (Å²) >= 11 is 1.53. The summed E-state index contributed by atoms with van der Waals surface area (Å²) in [7, 11) is 0. The van der Waals surface area contributed by atoms with E-state index < -0.39 is 11.6 Å². The van der Waals surface area contributed by atoms with Crippen LogP contribution in [0, 0.1) is 25.5 Å². The van der Waals surface area contributed by atoms with Crippen LogP contribution < -0.4 is 5.32 Å². The number of nitrogens with one attached hydrogen (secondary N) is 1. The van der Waals surface area contributed by atoms with Crippen molar-refractivity contribution in [2.75, 3.05) is 13.1 Å². The molecule has 1 N–H and O–H groups in total. The van der Waals surface area contributed by atoms with Crippen LogP contribution in [-0.2, 0) is 6.54 Å². The molecule has 0 spiro atoms. The molecule has 0 radical (unpaired) electrons. The number of thiazole rings is 1. The molecule has 1 aliphatic heterocycles. The Morgan fingerprint density at radius 2 is 2.00 bits per heavy atom. The number of hydrogen-bond donors (Lipinski definition) is 1. The largest absolute Gasteiger partial charge is 0.348 e. The number of amides is 1. The van der Waals surface area contributed by atoms with E-state index in [1.165, 1.54) is 17.4 Å². The van der Waals surface area contributed by atoms with Crippen LogP contribution in [0.15, 0.2) is 18.2 Å². The number of halogens is 2. The van der Waals surface area contributed by atoms with Gasteiger partial charge in [-0.25, -0.2) is 13.8 Å². The molecule has 1 aromatic heterocycles. The third-order valence-corrected chi connectivity index (χ3v) is 5.32. The fourth-order valence-corrected chi connectivity index (χ4v) is 3.94. The highest BCUT2D eigenvalue weighted by molar-refractivity contribution is 7.11. The van der Waals surface area contributed by atoms with Crippen molar-refractivity contribution in [1.82, 2.24) is 15.2 Å². The minimum absolute atomic E-state index is 0.110. The molecular formula is C18H21F2N3OS. The minimum Gasteiger partial charge on any atom is -0.348 e. The van der Waals surface area contributed by atoms with Gasteiger partial charge in [0.05, 0.1) is 5.01 Å². The predicted octanol–water partition coefficient (Wildman–Crippen LogP) is 3.43. The lowest BCUT2D eigenvalue weighted by Crippen LogP contribution is -2.44. The van der Waals surface area contributed by atoms with Crippen molar-refractivity contribution < 1.29 is 13.6 Å². The van der Waals surface area contributed by atoms with E-state index in [1.54, 1.807) is 6.07 Å². The summed E-state index contributed by atoms with van der Waals surface area (Å²) in [5.74, 6) is -1.74. The first-order valence-corrected chi connectivity index (χ1v) is 9.15. The fraction of sp³-hybridized carbons (Fsp3) is 0.444. The van der Waals surface area contributed by atoms with E-state index >= 15 is 0 Å². The Bertz CT molecular complexity index is 770. The lowest BCUT2D eigenvalue weighted by Gasteiger charge is -2.32. The Morgan fingerprint density at radius 3 is 2.60 bits per heavy atom. The first-order chi connectivity index (χ1) is 11.9. The predicted molar refractivity (Wildman–Crippen MR) is 93.7 cm³/mol. The van der Waals surface area contributed by atoms with Crippen molar-refractivity contribution in [1.29, 1.82) is 0 Å². The summed E-state index contributed by atoms with van der Waals surface area (Å²) in [5.41, 5.74) is 1.28. The van der Waals surface area contributed by atoms with E-state index in [0.717, 1.165) is 47.4 Å². The highest BCUT2D eigenvalue weighted by Crippen LogP contribution is 2.19. The average molecular weight is 365 g/mol. The fourth-order valence-electron chi connectivity index (χ4n) is 3.12. The van der Waals surface area contributed by atoms with Gasteiger partial charge in [0.15, 0.2) is 11.6 Å². The number of nitrogens with zero attached hydrogens (tertiary/aromatic N) is 2. The van der Waals surface area contributed by atoms with Crippen molar-refractivity contribution in [3.8, 4) is 0 Å². The standard InChI is InChI=1S/C18H21F2N3OS/c1-11-17(21-12(2)25-11)18(24)22-14-5-7-23(8-6-14)10-13-3-4-15(19)16(20)9-13/h3-4,9,14H,5-8,10H2,1-2H3,(H,22,24). The third kappa shape index (κ3) is 4.41. The molecule has 0 bridgehead atoms. The Balaban J connectivity index is 1.50. The van der Waals surface area contributed by atoms with Crippen LogP contribution in [0.3, 0.4) is 0 Å². The van der Waals surface area contributed by atoms with Gasteiger partial charge in [0.1, 0.15) is 5.69 Å². The van der Waals surface area contributed by atoms with Gasteiger partial charge in [-0.3, -0.25) is 9.69 Å². The number of piperidine rings is 1. The highest BCUT2D eigenvalue weighted by atomic mass is 32.1. The number of carbonyl (C=O) groups is 1. The normalized spacial score (nSPS) is 16.2. The van der Waals surface area contributed by atoms with Gasteiger partial charge in [0.2, 0.25) is 0 Å². The van der Waals surface area contributed by atoms with Gasteiger partial charge in [-0.15, -0.1) is 11.3 Å². The van der Waals surface area contributed by atoms with E-state index in [1.807, 2.05) is 13.8 Å². The highest BCUT2D eigenvalue weighted by Gasteiger charge is 2.23. The maximum absolute atomic E-state index is 13.3. The molecule has 0 saturated carbocycles. The lowest BCUT2D eigenvalue weighted by atomic mass is 10.0. The van der Waals surface area contributed by atoms with Crippen LogP contribution in [0.1, 0.15) is 38.8 Å². The van der Waals surface area contributed by atoms with E-state index in [0.29, 0.717) is 12.2 Å². The number of hydrogen-bond acceptors (Lipinski definition) is 4. The third-order valence-electron chi connectivity index (χ3n) is 4.43. The van der Waals surface area contributed by atoms with Gasteiger partial charge in [0.25, 0.3) is 5.91 Å². The topological polar surface area (TPSA) is 45.2 Å². The van der Waals surface area contributed by atoms with E-state index in [-0.39, 0.29) is 11.9 Å². The number of aryl methyl sites for hydroxylation is 2. The van der Waals surface area contributed by atoms with Gasteiger partial charge < -0.3 is 5.32 Å². The smallest absolute Gasteiger partial charge is 0.271 e. The number of rotatable bonds is 4. The van der Waals surface area contributed by atoms with Crippen molar-refractivity contribution >= 4 is 17.2 Å². The van der Waals surface area contributed by atoms with Gasteiger partial charge in [-0.05, 0) is 44.4 Å². The summed E-state index contributed by atoms with van der Waals surface area (Å²) in [4.78, 5) is 19.7. The molecule has 3 rings (SSSR count). The number of carbonyl (C=O) groups excluding carboxylic acids is 1. The van der Waals surface area contributed by atoms with Crippen molar-refractivity contribution in [3.05, 3.63) is 51.0 Å². The molecule has 0 unspecified atom stereocenters. The molecule has 1 fully saturated rings. The second-order valence-corrected chi connectivity index (χ2v) is 7.82.